The third-order valence-corrected chi connectivity index (χ3v) is 7.40. The molecule has 2 aromatic carbocycles. The molecule has 33 heavy (non-hydrogen) atoms. The lowest BCUT2D eigenvalue weighted by molar-refractivity contribution is 0.171. The van der Waals surface area contributed by atoms with Crippen molar-refractivity contribution in [2.75, 3.05) is 32.4 Å². The van der Waals surface area contributed by atoms with Crippen LogP contribution in [0.1, 0.15) is 42.7 Å². The van der Waals surface area contributed by atoms with E-state index in [2.05, 4.69) is 10.2 Å². The van der Waals surface area contributed by atoms with E-state index in [4.69, 9.17) is 5.11 Å². The lowest BCUT2D eigenvalue weighted by Gasteiger charge is -2.33. The molecule has 0 saturated carbocycles. The summed E-state index contributed by atoms with van der Waals surface area (Å²) in [7, 11) is -3.33. The van der Waals surface area contributed by atoms with E-state index >= 15 is 0 Å². The molecule has 1 aliphatic heterocycles. The number of hydrogen-bond acceptors (Lipinski definition) is 4. The van der Waals surface area contributed by atoms with Gasteiger partial charge in [-0.1, -0.05) is 12.1 Å². The predicted molar refractivity (Wildman–Crippen MR) is 122 cm³/mol. The highest BCUT2D eigenvalue weighted by Crippen LogP contribution is 2.31. The maximum atomic E-state index is 13.9. The molecule has 0 radical (unpaired) electrons. The number of halogens is 2. The summed E-state index contributed by atoms with van der Waals surface area (Å²) >= 11 is 0. The van der Waals surface area contributed by atoms with Crippen LogP contribution in [0.3, 0.4) is 0 Å². The van der Waals surface area contributed by atoms with Gasteiger partial charge in [-0.15, -0.1) is 0 Å². The zero-order valence-corrected chi connectivity index (χ0v) is 19.5. The third kappa shape index (κ3) is 7.50. The Labute approximate surface area is 193 Å². The van der Waals surface area contributed by atoms with Gasteiger partial charge in [0, 0.05) is 24.8 Å². The van der Waals surface area contributed by atoms with Gasteiger partial charge in [-0.25, -0.2) is 22.0 Å². The summed E-state index contributed by atoms with van der Waals surface area (Å²) in [5, 5.41) is 11.1. The molecule has 3 rings (SSSR count). The van der Waals surface area contributed by atoms with Gasteiger partial charge in [-0.2, -0.15) is 0 Å². The first-order chi connectivity index (χ1) is 15.6. The maximum Gasteiger partial charge on any atom is 0.404 e. The van der Waals surface area contributed by atoms with Gasteiger partial charge in [0.05, 0.1) is 4.90 Å². The molecule has 0 spiro atoms. The minimum Gasteiger partial charge on any atom is -0.465 e. The van der Waals surface area contributed by atoms with Gasteiger partial charge in [-0.05, 0) is 86.6 Å². The lowest BCUT2D eigenvalue weighted by atomic mass is 9.87. The highest BCUT2D eigenvalue weighted by atomic mass is 32.2. The summed E-state index contributed by atoms with van der Waals surface area (Å²) in [6.45, 7) is 2.96. The Balaban J connectivity index is 1.68. The van der Waals surface area contributed by atoms with E-state index in [1.54, 1.807) is 12.1 Å². The molecule has 180 valence electrons. The van der Waals surface area contributed by atoms with Crippen LogP contribution in [-0.4, -0.2) is 57.0 Å². The number of nitrogens with one attached hydrogen (secondary N) is 1. The molecule has 1 fully saturated rings. The number of benzene rings is 2. The molecule has 2 N–H and O–H groups in total. The normalized spacial score (nSPS) is 16.5. The quantitative estimate of drug-likeness (QED) is 0.560. The van der Waals surface area contributed by atoms with Crippen LogP contribution in [0.15, 0.2) is 47.4 Å². The number of likely N-dealkylation sites (tertiary alicyclic amines) is 1. The van der Waals surface area contributed by atoms with Crippen LogP contribution in [0, 0.1) is 17.6 Å². The molecule has 0 aliphatic carbocycles. The number of rotatable bonds is 9. The van der Waals surface area contributed by atoms with Crippen molar-refractivity contribution in [2.24, 2.45) is 5.92 Å². The second kappa shape index (κ2) is 11.1. The van der Waals surface area contributed by atoms with Crippen LogP contribution < -0.4 is 5.32 Å². The van der Waals surface area contributed by atoms with Gasteiger partial charge in [0.1, 0.15) is 11.6 Å². The number of piperidine rings is 1. The Kier molecular flexibility index (Phi) is 8.42. The summed E-state index contributed by atoms with van der Waals surface area (Å²) < 4.78 is 51.5. The fourth-order valence-corrected chi connectivity index (χ4v) is 5.07. The maximum absolute atomic E-state index is 13.9. The van der Waals surface area contributed by atoms with E-state index in [0.29, 0.717) is 24.4 Å². The number of nitrogens with zero attached hydrogens (tertiary/aromatic N) is 1. The summed E-state index contributed by atoms with van der Waals surface area (Å²) in [6, 6.07) is 10.0. The average molecular weight is 481 g/mol. The first-order valence-corrected chi connectivity index (χ1v) is 13.0. The largest absolute Gasteiger partial charge is 0.465 e. The molecule has 0 bridgehead atoms. The van der Waals surface area contributed by atoms with Crippen molar-refractivity contribution in [2.45, 2.75) is 36.5 Å². The van der Waals surface area contributed by atoms with Crippen LogP contribution in [0.25, 0.3) is 0 Å². The summed E-state index contributed by atoms with van der Waals surface area (Å²) in [5.74, 6) is -1.08. The van der Waals surface area contributed by atoms with Crippen molar-refractivity contribution >= 4 is 15.9 Å². The van der Waals surface area contributed by atoms with Gasteiger partial charge < -0.3 is 15.3 Å². The van der Waals surface area contributed by atoms with Crippen LogP contribution in [0.4, 0.5) is 13.6 Å². The molecule has 1 amide bonds. The molecule has 2 aromatic rings. The van der Waals surface area contributed by atoms with E-state index in [-0.39, 0.29) is 10.8 Å². The minimum atomic E-state index is -3.33. The first kappa shape index (κ1) is 25.1. The minimum absolute atomic E-state index is 0.204. The van der Waals surface area contributed by atoms with E-state index < -0.39 is 27.6 Å². The molecule has 9 heteroatoms. The second-order valence-electron chi connectivity index (χ2n) is 8.69. The van der Waals surface area contributed by atoms with E-state index in [9.17, 15) is 22.0 Å². The Morgan fingerprint density at radius 3 is 2.24 bits per heavy atom. The van der Waals surface area contributed by atoms with Crippen molar-refractivity contribution in [3.63, 3.8) is 0 Å². The van der Waals surface area contributed by atoms with Crippen molar-refractivity contribution in [1.29, 1.82) is 0 Å². The van der Waals surface area contributed by atoms with Crippen LogP contribution in [0.2, 0.25) is 0 Å². The third-order valence-electron chi connectivity index (χ3n) is 6.27. The molecule has 1 aliphatic rings. The van der Waals surface area contributed by atoms with Gasteiger partial charge >= 0.3 is 6.09 Å². The van der Waals surface area contributed by atoms with E-state index in [1.165, 1.54) is 24.3 Å². The number of hydrogen-bond donors (Lipinski definition) is 2. The molecule has 1 heterocycles. The van der Waals surface area contributed by atoms with Gasteiger partial charge in [-0.3, -0.25) is 0 Å². The average Bonchev–Trinajstić information content (AvgIpc) is 2.74. The van der Waals surface area contributed by atoms with Gasteiger partial charge in [0.15, 0.2) is 9.84 Å². The zero-order valence-electron chi connectivity index (χ0n) is 18.6. The number of carbonyl (C=O) groups is 1. The van der Waals surface area contributed by atoms with Crippen LogP contribution in [-0.2, 0) is 9.84 Å². The van der Waals surface area contributed by atoms with Gasteiger partial charge in [0.2, 0.25) is 0 Å². The van der Waals surface area contributed by atoms with E-state index in [0.717, 1.165) is 56.8 Å². The van der Waals surface area contributed by atoms with Crippen molar-refractivity contribution < 1.29 is 27.1 Å². The number of sulfone groups is 1. The number of amides is 1. The molecule has 1 saturated heterocycles. The van der Waals surface area contributed by atoms with Crippen molar-refractivity contribution in [1.82, 2.24) is 10.2 Å². The monoisotopic (exact) mass is 480 g/mol. The molecule has 6 nitrogen and oxygen atoms in total. The van der Waals surface area contributed by atoms with Crippen LogP contribution >= 0.6 is 0 Å². The Morgan fingerprint density at radius 1 is 1.09 bits per heavy atom. The van der Waals surface area contributed by atoms with Crippen molar-refractivity contribution in [3.05, 3.63) is 65.2 Å². The standard InChI is InChI=1S/C24H30F2N2O4S/c1-33(31,32)22-4-2-18(3-5-22)23(19-14-20(25)16-21(26)15-19)9-13-28-11-7-17(8-12-28)6-10-27-24(29)30/h2-5,14-17,23,27H,6-13H2,1H3,(H,29,30)/t23-/m1/s1. The molecule has 0 unspecified atom stereocenters. The molecule has 0 aromatic heterocycles. The smallest absolute Gasteiger partial charge is 0.404 e. The summed E-state index contributed by atoms with van der Waals surface area (Å²) in [4.78, 5) is 13.1. The topological polar surface area (TPSA) is 86.7 Å². The SMILES string of the molecule is CS(=O)(=O)c1ccc([C@@H](CCN2CCC(CCNC(=O)O)CC2)c2cc(F)cc(F)c2)cc1. The Morgan fingerprint density at radius 2 is 1.70 bits per heavy atom. The van der Waals surface area contributed by atoms with E-state index in [1.807, 2.05) is 0 Å². The molecule has 1 atom stereocenters. The van der Waals surface area contributed by atoms with Gasteiger partial charge in [0.25, 0.3) is 0 Å². The van der Waals surface area contributed by atoms with Crippen molar-refractivity contribution in [3.8, 4) is 0 Å². The lowest BCUT2D eigenvalue weighted by Crippen LogP contribution is -2.36. The predicted octanol–water partition coefficient (Wildman–Crippen LogP) is 4.26. The zero-order chi connectivity index (χ0) is 24.0. The first-order valence-electron chi connectivity index (χ1n) is 11.1. The Bertz CT molecular complexity index is 1030. The fraction of sp³-hybridized carbons (Fsp3) is 0.458. The van der Waals surface area contributed by atoms with Crippen LogP contribution in [0.5, 0.6) is 0 Å². The molecular weight excluding hydrogens is 450 g/mol. The Hall–Kier alpha value is -2.52. The highest BCUT2D eigenvalue weighted by molar-refractivity contribution is 7.90. The number of carboxylic acid groups (broad SMARTS) is 1. The second-order valence-corrected chi connectivity index (χ2v) is 10.7. The summed E-state index contributed by atoms with van der Waals surface area (Å²) in [6.07, 6.45) is 3.54. The fourth-order valence-electron chi connectivity index (χ4n) is 4.44. The highest BCUT2D eigenvalue weighted by Gasteiger charge is 2.22. The molecular formula is C24H30F2N2O4S. The summed E-state index contributed by atoms with van der Waals surface area (Å²) in [5.41, 5.74) is 1.33.